The first kappa shape index (κ1) is 18.7. The van der Waals surface area contributed by atoms with Crippen LogP contribution < -0.4 is 15.3 Å². The minimum atomic E-state index is 0.476. The van der Waals surface area contributed by atoms with Crippen LogP contribution in [0, 0.1) is 0 Å². The second-order valence-electron chi connectivity index (χ2n) is 7.39. The van der Waals surface area contributed by atoms with Gasteiger partial charge in [0.25, 0.3) is 0 Å². The van der Waals surface area contributed by atoms with Crippen molar-refractivity contribution in [3.63, 3.8) is 0 Å². The van der Waals surface area contributed by atoms with E-state index in [9.17, 15) is 0 Å². The predicted molar refractivity (Wildman–Crippen MR) is 90.7 cm³/mol. The zero-order valence-corrected chi connectivity index (χ0v) is 14.8. The maximum Gasteiger partial charge on any atom is 0.119 e. The lowest BCUT2D eigenvalue weighted by atomic mass is 10.3. The number of nitrogens with zero attached hydrogens (tertiary/aromatic N) is 2. The Balaban J connectivity index is 2.22. The summed E-state index contributed by atoms with van der Waals surface area (Å²) in [6.07, 6.45) is 1.99. The summed E-state index contributed by atoms with van der Waals surface area (Å²) in [4.78, 5) is 0. The van der Waals surface area contributed by atoms with E-state index >= 15 is 0 Å². The standard InChI is InChI=1S/C17H33N3O2/c1-19(2,3)12-6-14-21-16-8-10-17(11-9-16)22-15-7-13-20(4,5)18/h8-11H,6-7,12-15,18H2,1-5H3/q+2. The summed E-state index contributed by atoms with van der Waals surface area (Å²) < 4.78 is 12.9. The second-order valence-corrected chi connectivity index (χ2v) is 7.39. The summed E-state index contributed by atoms with van der Waals surface area (Å²) in [5.41, 5.74) is 0. The SMILES string of the molecule is C[N+](C)(C)CCCOc1ccc(OCCC[N+](C)(C)N)cc1. The molecule has 1 aromatic carbocycles. The number of quaternary nitrogens is 2. The summed E-state index contributed by atoms with van der Waals surface area (Å²) in [6, 6.07) is 7.84. The van der Waals surface area contributed by atoms with Crippen LogP contribution in [0.3, 0.4) is 0 Å². The first-order chi connectivity index (χ1) is 10.2. The van der Waals surface area contributed by atoms with E-state index in [1.165, 1.54) is 0 Å². The number of ether oxygens (including phenoxy) is 2. The van der Waals surface area contributed by atoms with Gasteiger partial charge in [0.2, 0.25) is 0 Å². The lowest BCUT2D eigenvalue weighted by molar-refractivity contribution is -0.902. The van der Waals surface area contributed by atoms with Gasteiger partial charge in [-0.3, -0.25) is 4.59 Å². The molecule has 0 unspecified atom stereocenters. The molecular formula is C17H33N3O2+2. The van der Waals surface area contributed by atoms with Gasteiger partial charge in [-0.1, -0.05) is 0 Å². The van der Waals surface area contributed by atoms with Crippen molar-refractivity contribution in [1.29, 1.82) is 0 Å². The molecule has 0 amide bonds. The summed E-state index contributed by atoms with van der Waals surface area (Å²) in [6.45, 7) is 3.44. The van der Waals surface area contributed by atoms with Crippen molar-refractivity contribution >= 4 is 0 Å². The highest BCUT2D eigenvalue weighted by Gasteiger charge is 2.08. The Bertz CT molecular complexity index is 378. The van der Waals surface area contributed by atoms with Crippen LogP contribution in [0.15, 0.2) is 24.3 Å². The van der Waals surface area contributed by atoms with E-state index in [1.807, 2.05) is 38.4 Å². The van der Waals surface area contributed by atoms with Crippen molar-refractivity contribution in [3.8, 4) is 11.5 Å². The molecule has 5 nitrogen and oxygen atoms in total. The molecule has 5 heteroatoms. The van der Waals surface area contributed by atoms with E-state index in [4.69, 9.17) is 15.3 Å². The van der Waals surface area contributed by atoms with Crippen molar-refractivity contribution < 1.29 is 18.5 Å². The zero-order valence-electron chi connectivity index (χ0n) is 14.8. The molecule has 0 saturated carbocycles. The molecule has 126 valence electrons. The van der Waals surface area contributed by atoms with Gasteiger partial charge in [0.05, 0.1) is 61.5 Å². The average Bonchev–Trinajstić information content (AvgIpc) is 2.39. The van der Waals surface area contributed by atoms with Gasteiger partial charge in [-0.15, -0.1) is 0 Å². The van der Waals surface area contributed by atoms with E-state index in [-0.39, 0.29) is 0 Å². The fourth-order valence-corrected chi connectivity index (χ4v) is 2.02. The molecule has 0 fully saturated rings. The Morgan fingerprint density at radius 3 is 1.55 bits per heavy atom. The number of rotatable bonds is 10. The molecule has 0 atom stereocenters. The van der Waals surface area contributed by atoms with E-state index in [0.29, 0.717) is 11.2 Å². The van der Waals surface area contributed by atoms with Gasteiger partial charge >= 0.3 is 0 Å². The monoisotopic (exact) mass is 311 g/mol. The van der Waals surface area contributed by atoms with Gasteiger partial charge in [0.15, 0.2) is 0 Å². The summed E-state index contributed by atoms with van der Waals surface area (Å²) in [7, 11) is 10.5. The van der Waals surface area contributed by atoms with Crippen LogP contribution in [0.5, 0.6) is 11.5 Å². The normalized spacial score (nSPS) is 12.3. The summed E-state index contributed by atoms with van der Waals surface area (Å²) in [5.74, 6) is 7.66. The van der Waals surface area contributed by atoms with E-state index in [1.54, 1.807) is 0 Å². The highest BCUT2D eigenvalue weighted by atomic mass is 16.5. The molecular weight excluding hydrogens is 278 g/mol. The lowest BCUT2D eigenvalue weighted by Gasteiger charge is -2.23. The molecule has 0 saturated heterocycles. The van der Waals surface area contributed by atoms with Crippen molar-refractivity contribution in [2.75, 3.05) is 61.5 Å². The molecule has 2 N–H and O–H groups in total. The Kier molecular flexibility index (Phi) is 7.13. The minimum Gasteiger partial charge on any atom is -0.493 e. The second kappa shape index (κ2) is 8.36. The van der Waals surface area contributed by atoms with Crippen molar-refractivity contribution in [2.24, 2.45) is 5.84 Å². The molecule has 0 aromatic heterocycles. The molecule has 0 bridgehead atoms. The van der Waals surface area contributed by atoms with Crippen LogP contribution in [-0.4, -0.2) is 70.6 Å². The Morgan fingerprint density at radius 1 is 0.773 bits per heavy atom. The zero-order chi connectivity index (χ0) is 16.6. The summed E-state index contributed by atoms with van der Waals surface area (Å²) >= 11 is 0. The van der Waals surface area contributed by atoms with Gasteiger partial charge < -0.3 is 14.0 Å². The molecule has 0 aliphatic rings. The van der Waals surface area contributed by atoms with Crippen LogP contribution in [-0.2, 0) is 0 Å². The molecule has 22 heavy (non-hydrogen) atoms. The van der Waals surface area contributed by atoms with Crippen LogP contribution in [0.25, 0.3) is 0 Å². The molecule has 1 rings (SSSR count). The van der Waals surface area contributed by atoms with E-state index in [2.05, 4.69) is 21.1 Å². The maximum atomic E-state index is 5.88. The predicted octanol–water partition coefficient (Wildman–Crippen LogP) is 1.88. The molecule has 0 radical (unpaired) electrons. The highest BCUT2D eigenvalue weighted by Crippen LogP contribution is 2.18. The third-order valence-corrected chi connectivity index (χ3v) is 3.21. The van der Waals surface area contributed by atoms with Crippen LogP contribution in [0.4, 0.5) is 0 Å². The van der Waals surface area contributed by atoms with E-state index < -0.39 is 0 Å². The number of benzene rings is 1. The first-order valence-electron chi connectivity index (χ1n) is 7.93. The number of hydrogen-bond donors (Lipinski definition) is 1. The van der Waals surface area contributed by atoms with Crippen molar-refractivity contribution in [1.82, 2.24) is 0 Å². The van der Waals surface area contributed by atoms with Crippen LogP contribution in [0.2, 0.25) is 0 Å². The average molecular weight is 311 g/mol. The summed E-state index contributed by atoms with van der Waals surface area (Å²) in [5, 5.41) is 0. The smallest absolute Gasteiger partial charge is 0.119 e. The van der Waals surface area contributed by atoms with E-state index in [0.717, 1.165) is 48.5 Å². The van der Waals surface area contributed by atoms with Crippen LogP contribution in [0.1, 0.15) is 12.8 Å². The third kappa shape index (κ3) is 9.60. The fourth-order valence-electron chi connectivity index (χ4n) is 2.02. The quantitative estimate of drug-likeness (QED) is 0.310. The van der Waals surface area contributed by atoms with Gasteiger partial charge in [-0.05, 0) is 24.3 Å². The highest BCUT2D eigenvalue weighted by molar-refractivity contribution is 5.31. The van der Waals surface area contributed by atoms with Gasteiger partial charge in [-0.2, -0.15) is 5.84 Å². The molecule has 0 aliphatic carbocycles. The third-order valence-electron chi connectivity index (χ3n) is 3.21. The minimum absolute atomic E-state index is 0.476. The number of hydrogen-bond acceptors (Lipinski definition) is 3. The van der Waals surface area contributed by atoms with Gasteiger partial charge in [0, 0.05) is 12.8 Å². The Morgan fingerprint density at radius 2 is 1.18 bits per heavy atom. The maximum absolute atomic E-state index is 5.88. The first-order valence-corrected chi connectivity index (χ1v) is 7.93. The largest absolute Gasteiger partial charge is 0.493 e. The lowest BCUT2D eigenvalue weighted by Crippen LogP contribution is -2.47. The molecule has 0 spiro atoms. The van der Waals surface area contributed by atoms with Crippen molar-refractivity contribution in [2.45, 2.75) is 12.8 Å². The van der Waals surface area contributed by atoms with Gasteiger partial charge in [0.1, 0.15) is 11.5 Å². The Labute approximate surface area is 135 Å². The molecule has 1 aromatic rings. The van der Waals surface area contributed by atoms with Gasteiger partial charge in [-0.25, -0.2) is 0 Å². The fraction of sp³-hybridized carbons (Fsp3) is 0.647. The molecule has 0 aliphatic heterocycles. The van der Waals surface area contributed by atoms with Crippen LogP contribution >= 0.6 is 0 Å². The number of nitrogens with two attached hydrogens (primary N) is 1. The Hall–Kier alpha value is -1.30. The van der Waals surface area contributed by atoms with Crippen molar-refractivity contribution in [3.05, 3.63) is 24.3 Å². The topological polar surface area (TPSA) is 44.5 Å². The molecule has 0 heterocycles.